The summed E-state index contributed by atoms with van der Waals surface area (Å²) in [5.41, 5.74) is 1.52. The smallest absolute Gasteiger partial charge is 0.286 e. The number of nitrogens with one attached hydrogen (secondary N) is 1. The molecular weight excluding hydrogens is 806 g/mol. The van der Waals surface area contributed by atoms with Gasteiger partial charge in [-0.05, 0) is 105 Å². The summed E-state index contributed by atoms with van der Waals surface area (Å²) >= 11 is 6.50. The predicted octanol–water partition coefficient (Wildman–Crippen LogP) is 5.03. The van der Waals surface area contributed by atoms with Gasteiger partial charge in [-0.3, -0.25) is 23.8 Å². The van der Waals surface area contributed by atoms with Crippen molar-refractivity contribution in [3.63, 3.8) is 0 Å². The number of nitrogens with zero attached hydrogens (tertiary/aromatic N) is 6. The number of aliphatic hydroxyl groups is 1. The average molecular weight is 862 g/mol. The number of anilines is 1. The monoisotopic (exact) mass is 861 g/mol. The molecule has 6 atom stereocenters. The number of methoxy groups -OCH3 is 1. The van der Waals surface area contributed by atoms with Gasteiger partial charge in [0, 0.05) is 68.5 Å². The van der Waals surface area contributed by atoms with Crippen molar-refractivity contribution in [3.05, 3.63) is 82.0 Å². The van der Waals surface area contributed by atoms with Crippen LogP contribution >= 0.6 is 11.6 Å². The highest BCUT2D eigenvalue weighted by atomic mass is 35.5. The number of amides is 3. The first kappa shape index (κ1) is 42.3. The largest absolute Gasteiger partial charge is 0.490 e. The van der Waals surface area contributed by atoms with Crippen molar-refractivity contribution < 1.29 is 33.2 Å². The lowest BCUT2D eigenvalue weighted by Crippen LogP contribution is -2.55. The van der Waals surface area contributed by atoms with Gasteiger partial charge in [-0.1, -0.05) is 36.7 Å². The number of likely N-dealkylation sites (N-methyl/N-ethyl adjacent to an activating group) is 1. The van der Waals surface area contributed by atoms with Gasteiger partial charge >= 0.3 is 0 Å². The third-order valence-corrected chi connectivity index (χ3v) is 15.5. The number of carbonyl (C=O) groups is 3. The van der Waals surface area contributed by atoms with Crippen molar-refractivity contribution >= 4 is 44.9 Å². The minimum atomic E-state index is -3.74. The minimum Gasteiger partial charge on any atom is -0.490 e. The zero-order chi connectivity index (χ0) is 42.4. The summed E-state index contributed by atoms with van der Waals surface area (Å²) in [6, 6.07) is 11.3. The van der Waals surface area contributed by atoms with E-state index >= 15 is 0 Å². The summed E-state index contributed by atoms with van der Waals surface area (Å²) in [5, 5.41) is 17.6. The Balaban J connectivity index is 1.21. The van der Waals surface area contributed by atoms with Gasteiger partial charge in [-0.2, -0.15) is 0 Å². The van der Waals surface area contributed by atoms with Gasteiger partial charge in [0.25, 0.3) is 11.8 Å². The number of hydrogen-bond acceptors (Lipinski definition) is 10. The second kappa shape index (κ2) is 16.8. The number of allylic oxidation sites excluding steroid dienone is 1. The lowest BCUT2D eigenvalue weighted by atomic mass is 9.63. The van der Waals surface area contributed by atoms with Crippen LogP contribution in [0.15, 0.2) is 59.1 Å². The van der Waals surface area contributed by atoms with Crippen LogP contribution in [0.3, 0.4) is 0 Å². The number of piperazine rings is 1. The standard InChI is InChI=1S/C44H56ClN7O7S/c1-29-7-5-16-44(56,23-39(53)51-19-17-49(2)18-20-51)36-12-9-32(36)24-52-27-43(15-6-8-30-21-33(45)11-13-35(30)43)28-59-38-14-10-31(22-37(38)52)40(54)47-60(57,26-29)48-41(55)34-25-50(3)46-42(34)58-4/h5,10-11,13-14,16,21-22,25,29,32,36,56H,6-9,12,15,17-20,23-24,26-28H2,1-4H3,(H,47,48,54,55,57)/b16-5+/t29-,32-,36+,43-,44?,60?/m0/s1. The highest BCUT2D eigenvalue weighted by Gasteiger charge is 2.49. The number of hydrogen-bond donors (Lipinski definition) is 2. The molecule has 3 aliphatic heterocycles. The Morgan fingerprint density at radius 3 is 2.67 bits per heavy atom. The van der Waals surface area contributed by atoms with Crippen molar-refractivity contribution in [2.75, 3.05) is 70.7 Å². The molecule has 5 aliphatic rings. The Morgan fingerprint density at radius 2 is 1.92 bits per heavy atom. The summed E-state index contributed by atoms with van der Waals surface area (Å²) in [6.07, 6.45) is 9.76. The Labute approximate surface area is 357 Å². The van der Waals surface area contributed by atoms with E-state index in [-0.39, 0.29) is 58.3 Å². The molecule has 1 saturated carbocycles. The maximum absolute atomic E-state index is 14.8. The van der Waals surface area contributed by atoms with Gasteiger partial charge < -0.3 is 29.3 Å². The molecule has 2 aliphatic carbocycles. The number of fused-ring (bicyclic) bond motifs is 4. The Kier molecular flexibility index (Phi) is 11.8. The molecule has 0 radical (unpaired) electrons. The van der Waals surface area contributed by atoms with Crippen molar-refractivity contribution in [1.82, 2.24) is 24.3 Å². The maximum atomic E-state index is 14.8. The first-order valence-corrected chi connectivity index (χ1v) is 23.1. The van der Waals surface area contributed by atoms with Crippen LogP contribution in [0.5, 0.6) is 11.6 Å². The molecule has 14 nitrogen and oxygen atoms in total. The molecule has 8 rings (SSSR count). The molecule has 4 heterocycles. The maximum Gasteiger partial charge on any atom is 0.286 e. The summed E-state index contributed by atoms with van der Waals surface area (Å²) in [6.45, 7) is 6.16. The first-order valence-electron chi connectivity index (χ1n) is 21.0. The number of halogens is 1. The highest BCUT2D eigenvalue weighted by Crippen LogP contribution is 2.49. The van der Waals surface area contributed by atoms with Crippen LogP contribution in [-0.2, 0) is 33.6 Å². The Morgan fingerprint density at radius 1 is 1.12 bits per heavy atom. The van der Waals surface area contributed by atoms with Crippen molar-refractivity contribution in [2.45, 2.75) is 62.9 Å². The van der Waals surface area contributed by atoms with Crippen LogP contribution in [0, 0.1) is 17.8 Å². The second-order valence-corrected chi connectivity index (χ2v) is 20.1. The Bertz CT molecular complexity index is 2320. The second-order valence-electron chi connectivity index (χ2n) is 17.7. The molecular formula is C44H56ClN7O7S. The number of carbonyl (C=O) groups excluding carboxylic acids is 3. The Hall–Kier alpha value is -4.44. The van der Waals surface area contributed by atoms with E-state index in [1.165, 1.54) is 29.1 Å². The van der Waals surface area contributed by atoms with E-state index in [0.29, 0.717) is 55.7 Å². The topological polar surface area (TPSA) is 159 Å². The van der Waals surface area contributed by atoms with E-state index in [1.54, 1.807) is 31.3 Å². The fourth-order valence-electron chi connectivity index (χ4n) is 9.92. The van der Waals surface area contributed by atoms with Crippen molar-refractivity contribution in [2.24, 2.45) is 29.2 Å². The molecule has 2 N–H and O–H groups in total. The van der Waals surface area contributed by atoms with Gasteiger partial charge in [-0.15, -0.1) is 9.46 Å². The molecule has 322 valence electrons. The van der Waals surface area contributed by atoms with Gasteiger partial charge in [0.1, 0.15) is 21.2 Å². The number of rotatable bonds is 5. The fraction of sp³-hybridized carbons (Fsp3) is 0.545. The van der Waals surface area contributed by atoms with Crippen LogP contribution in [0.2, 0.25) is 5.02 Å². The first-order chi connectivity index (χ1) is 28.7. The van der Waals surface area contributed by atoms with Crippen LogP contribution in [-0.4, -0.2) is 118 Å². The van der Waals surface area contributed by atoms with E-state index in [0.717, 1.165) is 45.2 Å². The zero-order valence-electron chi connectivity index (χ0n) is 34.9. The van der Waals surface area contributed by atoms with Gasteiger partial charge in [0.05, 0.1) is 37.2 Å². The third-order valence-electron chi connectivity index (χ3n) is 13.3. The summed E-state index contributed by atoms with van der Waals surface area (Å²) in [5.74, 6) is -1.60. The van der Waals surface area contributed by atoms with Crippen LogP contribution in [0.1, 0.15) is 77.3 Å². The van der Waals surface area contributed by atoms with Crippen molar-refractivity contribution in [1.29, 1.82) is 0 Å². The molecule has 2 unspecified atom stereocenters. The molecule has 2 bridgehead atoms. The molecule has 3 amide bonds. The number of benzene rings is 2. The molecule has 1 spiro atoms. The minimum absolute atomic E-state index is 0.0315. The van der Waals surface area contributed by atoms with E-state index in [4.69, 9.17) is 21.1 Å². The number of aromatic nitrogens is 2. The number of aryl methyl sites for hydroxylation is 2. The van der Waals surface area contributed by atoms with Crippen molar-refractivity contribution in [3.8, 4) is 11.6 Å². The van der Waals surface area contributed by atoms with Crippen LogP contribution in [0.4, 0.5) is 5.69 Å². The summed E-state index contributed by atoms with van der Waals surface area (Å²) < 4.78 is 35.1. The predicted molar refractivity (Wildman–Crippen MR) is 230 cm³/mol. The third kappa shape index (κ3) is 8.55. The summed E-state index contributed by atoms with van der Waals surface area (Å²) in [7, 11) is 1.33. The summed E-state index contributed by atoms with van der Waals surface area (Å²) in [4.78, 5) is 48.2. The average Bonchev–Trinajstić information content (AvgIpc) is 3.51. The fourth-order valence-corrected chi connectivity index (χ4v) is 12.0. The lowest BCUT2D eigenvalue weighted by Gasteiger charge is -2.49. The zero-order valence-corrected chi connectivity index (χ0v) is 36.5. The van der Waals surface area contributed by atoms with E-state index < -0.39 is 27.3 Å². The van der Waals surface area contributed by atoms with Crippen LogP contribution < -0.4 is 19.1 Å². The van der Waals surface area contributed by atoms with Gasteiger partial charge in [0.2, 0.25) is 11.8 Å². The van der Waals surface area contributed by atoms with Crippen LogP contribution in [0.25, 0.3) is 0 Å². The molecule has 2 fully saturated rings. The lowest BCUT2D eigenvalue weighted by molar-refractivity contribution is -0.141. The number of ether oxygens (including phenoxy) is 2. The van der Waals surface area contributed by atoms with E-state index in [9.17, 15) is 23.7 Å². The quantitative estimate of drug-likeness (QED) is 0.334. The van der Waals surface area contributed by atoms with Gasteiger partial charge in [0.15, 0.2) is 0 Å². The SMILES string of the molecule is COc1nn(C)cc1C(=O)NS1(=O)=NC(=O)c2ccc3c(c2)N(C[C@@H]2CC[C@H]2C(O)(CC(=O)N2CCN(C)CC2)/C=C/C[C@H](C)C1)C[C@@]1(CCCc2cc(Cl)ccc21)CO3. The van der Waals surface area contributed by atoms with E-state index in [1.807, 2.05) is 31.0 Å². The molecule has 60 heavy (non-hydrogen) atoms. The molecule has 2 aromatic carbocycles. The normalized spacial score (nSPS) is 30.2. The van der Waals surface area contributed by atoms with E-state index in [2.05, 4.69) is 36.1 Å². The molecule has 3 aromatic rings. The highest BCUT2D eigenvalue weighted by molar-refractivity contribution is 7.92. The molecule has 1 saturated heterocycles. The van der Waals surface area contributed by atoms with Gasteiger partial charge in [-0.25, -0.2) is 4.21 Å². The molecule has 16 heteroatoms. The molecule has 1 aromatic heterocycles.